The van der Waals surface area contributed by atoms with E-state index in [0.29, 0.717) is 0 Å². The third kappa shape index (κ3) is 10.8. The Labute approximate surface area is 159 Å². The first-order chi connectivity index (χ1) is 12.8. The molecule has 7 N–H and O–H groups in total. The van der Waals surface area contributed by atoms with Crippen LogP contribution in [0.5, 0.6) is 0 Å². The molecule has 1 aromatic heterocycles. The van der Waals surface area contributed by atoms with Gasteiger partial charge in [-0.25, -0.2) is 0 Å². The van der Waals surface area contributed by atoms with Crippen LogP contribution in [0.4, 0.5) is 0 Å². The van der Waals surface area contributed by atoms with Crippen LogP contribution in [0.25, 0.3) is 0 Å². The van der Waals surface area contributed by atoms with E-state index in [1.807, 2.05) is 26.0 Å². The summed E-state index contributed by atoms with van der Waals surface area (Å²) in [7, 11) is 0. The number of ether oxygens (including phenoxy) is 1. The van der Waals surface area contributed by atoms with Gasteiger partial charge in [0, 0.05) is 13.2 Å². The van der Waals surface area contributed by atoms with E-state index in [1.165, 1.54) is 0 Å². The van der Waals surface area contributed by atoms with Crippen molar-refractivity contribution in [2.24, 2.45) is 0 Å². The van der Waals surface area contributed by atoms with Crippen molar-refractivity contribution >= 4 is 0 Å². The molecule has 2 rings (SSSR count). The Morgan fingerprint density at radius 1 is 0.741 bits per heavy atom. The van der Waals surface area contributed by atoms with Crippen molar-refractivity contribution in [1.82, 2.24) is 0 Å². The summed E-state index contributed by atoms with van der Waals surface area (Å²) in [6.07, 6.45) is -3.21. The predicted octanol–water partition coefficient (Wildman–Crippen LogP) is -0.794. The molecule has 0 bridgehead atoms. The Bertz CT molecular complexity index is 438. The second kappa shape index (κ2) is 14.9. The minimum absolute atomic E-state index is 0.283. The molecule has 0 amide bonds. The minimum atomic E-state index is -1.57. The third-order valence-corrected chi connectivity index (χ3v) is 3.81. The number of furan rings is 1. The standard InChI is InChI=1S/C6H12O6.C6H14O2.C6H8O/c7-1-2-3(8)4(9)5(10)6(11)12-2;7-5-3-1-2-4-6-8;1-5-3-4-6(2)7-5/h2-11H,1H2;7-8H,1-6H2;3-4H,1-2H3. The van der Waals surface area contributed by atoms with Crippen LogP contribution in [-0.2, 0) is 4.74 Å². The quantitative estimate of drug-likeness (QED) is 0.306. The molecule has 9 heteroatoms. The number of unbranched alkanes of at least 4 members (excludes halogenated alkanes) is 3. The zero-order valence-electron chi connectivity index (χ0n) is 15.9. The summed E-state index contributed by atoms with van der Waals surface area (Å²) in [6.45, 7) is 3.92. The van der Waals surface area contributed by atoms with Gasteiger partial charge in [-0.3, -0.25) is 0 Å². The van der Waals surface area contributed by atoms with Gasteiger partial charge in [0.2, 0.25) is 0 Å². The van der Waals surface area contributed by atoms with E-state index in [1.54, 1.807) is 0 Å². The fraction of sp³-hybridized carbons (Fsp3) is 0.778. The summed E-state index contributed by atoms with van der Waals surface area (Å²) in [5.41, 5.74) is 0. The van der Waals surface area contributed by atoms with Gasteiger partial charge >= 0.3 is 0 Å². The lowest BCUT2D eigenvalue weighted by Gasteiger charge is -2.37. The van der Waals surface area contributed by atoms with Crippen molar-refractivity contribution in [3.63, 3.8) is 0 Å². The molecule has 2 heterocycles. The molecule has 1 saturated heterocycles. The highest BCUT2D eigenvalue weighted by Gasteiger charge is 2.42. The van der Waals surface area contributed by atoms with Crippen molar-refractivity contribution in [1.29, 1.82) is 0 Å². The number of hydrogen-bond donors (Lipinski definition) is 7. The molecule has 0 aromatic carbocycles. The van der Waals surface area contributed by atoms with Gasteiger partial charge in [0.05, 0.1) is 6.61 Å². The summed E-state index contributed by atoms with van der Waals surface area (Å²) < 4.78 is 9.66. The van der Waals surface area contributed by atoms with Crippen LogP contribution < -0.4 is 0 Å². The zero-order chi connectivity index (χ0) is 20.8. The Hall–Kier alpha value is -1.04. The highest BCUT2D eigenvalue weighted by atomic mass is 16.6. The molecule has 1 aromatic rings. The molecule has 0 aliphatic carbocycles. The first kappa shape index (κ1) is 26.0. The van der Waals surface area contributed by atoms with Gasteiger partial charge in [0.1, 0.15) is 35.9 Å². The van der Waals surface area contributed by atoms with Crippen molar-refractivity contribution < 1.29 is 44.9 Å². The predicted molar refractivity (Wildman–Crippen MR) is 96.8 cm³/mol. The Morgan fingerprint density at radius 3 is 1.56 bits per heavy atom. The number of aliphatic hydroxyl groups is 7. The second-order valence-corrected chi connectivity index (χ2v) is 6.24. The van der Waals surface area contributed by atoms with E-state index in [-0.39, 0.29) is 13.2 Å². The van der Waals surface area contributed by atoms with E-state index in [4.69, 9.17) is 40.2 Å². The van der Waals surface area contributed by atoms with Gasteiger partial charge in [-0.2, -0.15) is 0 Å². The van der Waals surface area contributed by atoms with Gasteiger partial charge in [0.25, 0.3) is 0 Å². The fourth-order valence-corrected chi connectivity index (χ4v) is 2.22. The molecule has 160 valence electrons. The van der Waals surface area contributed by atoms with E-state index in [0.717, 1.165) is 37.2 Å². The van der Waals surface area contributed by atoms with Crippen LogP contribution in [0.1, 0.15) is 37.2 Å². The summed E-state index contributed by atoms with van der Waals surface area (Å²) in [6, 6.07) is 3.91. The molecule has 0 radical (unpaired) electrons. The molecular formula is C18H34O9. The van der Waals surface area contributed by atoms with Crippen molar-refractivity contribution in [2.75, 3.05) is 19.8 Å². The van der Waals surface area contributed by atoms with Crippen LogP contribution in [0, 0.1) is 13.8 Å². The van der Waals surface area contributed by atoms with E-state index >= 15 is 0 Å². The Balaban J connectivity index is 0.000000395. The number of aryl methyl sites for hydroxylation is 2. The smallest absolute Gasteiger partial charge is 0.184 e. The van der Waals surface area contributed by atoms with E-state index < -0.39 is 37.3 Å². The molecular weight excluding hydrogens is 360 g/mol. The van der Waals surface area contributed by atoms with Crippen LogP contribution in [0.3, 0.4) is 0 Å². The van der Waals surface area contributed by atoms with Crippen LogP contribution in [0.2, 0.25) is 0 Å². The lowest BCUT2D eigenvalue weighted by molar-refractivity contribution is -0.286. The number of hydrogen-bond acceptors (Lipinski definition) is 9. The first-order valence-corrected chi connectivity index (χ1v) is 9.01. The van der Waals surface area contributed by atoms with Crippen LogP contribution in [0.15, 0.2) is 16.5 Å². The first-order valence-electron chi connectivity index (χ1n) is 9.01. The van der Waals surface area contributed by atoms with Crippen LogP contribution in [-0.4, -0.2) is 86.3 Å². The van der Waals surface area contributed by atoms with Gasteiger partial charge in [0.15, 0.2) is 6.29 Å². The molecule has 9 nitrogen and oxygen atoms in total. The van der Waals surface area contributed by atoms with Crippen molar-refractivity contribution in [2.45, 2.75) is 70.2 Å². The maximum atomic E-state index is 9.12. The Kier molecular flexibility index (Phi) is 14.4. The fourth-order valence-electron chi connectivity index (χ4n) is 2.22. The molecule has 27 heavy (non-hydrogen) atoms. The average Bonchev–Trinajstić information content (AvgIpc) is 3.04. The Morgan fingerprint density at radius 2 is 1.22 bits per heavy atom. The van der Waals surface area contributed by atoms with Crippen molar-refractivity contribution in [3.05, 3.63) is 23.7 Å². The molecule has 5 unspecified atom stereocenters. The van der Waals surface area contributed by atoms with Gasteiger partial charge in [-0.15, -0.1) is 0 Å². The molecule has 0 spiro atoms. The monoisotopic (exact) mass is 394 g/mol. The lowest BCUT2D eigenvalue weighted by atomic mass is 10.00. The summed E-state index contributed by atoms with van der Waals surface area (Å²) in [4.78, 5) is 0. The highest BCUT2D eigenvalue weighted by Crippen LogP contribution is 2.19. The van der Waals surface area contributed by atoms with Gasteiger partial charge in [-0.1, -0.05) is 12.8 Å². The summed E-state index contributed by atoms with van der Waals surface area (Å²) in [5, 5.41) is 61.3. The largest absolute Gasteiger partial charge is 0.467 e. The molecule has 1 aliphatic heterocycles. The maximum Gasteiger partial charge on any atom is 0.184 e. The lowest BCUT2D eigenvalue weighted by Crippen LogP contribution is -2.58. The van der Waals surface area contributed by atoms with Crippen molar-refractivity contribution in [3.8, 4) is 0 Å². The minimum Gasteiger partial charge on any atom is -0.467 e. The van der Waals surface area contributed by atoms with E-state index in [2.05, 4.69) is 4.74 Å². The number of aliphatic hydroxyl groups excluding tert-OH is 7. The SMILES string of the molecule is Cc1ccc(C)o1.OCC1OC(O)C(O)C(O)C1O.OCCCCCCO. The number of rotatable bonds is 6. The maximum absolute atomic E-state index is 9.12. The molecule has 1 aliphatic rings. The normalized spacial score (nSPS) is 27.2. The van der Waals surface area contributed by atoms with Crippen LogP contribution >= 0.6 is 0 Å². The molecule has 0 saturated carbocycles. The molecule has 5 atom stereocenters. The molecule has 1 fully saturated rings. The second-order valence-electron chi connectivity index (χ2n) is 6.24. The van der Waals surface area contributed by atoms with Gasteiger partial charge in [-0.05, 0) is 38.8 Å². The summed E-state index contributed by atoms with van der Waals surface area (Å²) in [5.74, 6) is 1.97. The zero-order valence-corrected chi connectivity index (χ0v) is 15.9. The average molecular weight is 394 g/mol. The van der Waals surface area contributed by atoms with Gasteiger partial charge < -0.3 is 44.9 Å². The third-order valence-electron chi connectivity index (χ3n) is 3.81. The highest BCUT2D eigenvalue weighted by molar-refractivity contribution is 5.02. The topological polar surface area (TPSA) is 164 Å². The summed E-state index contributed by atoms with van der Waals surface area (Å²) >= 11 is 0. The van der Waals surface area contributed by atoms with E-state index in [9.17, 15) is 0 Å².